The van der Waals surface area contributed by atoms with Gasteiger partial charge in [0.25, 0.3) is 0 Å². The molecule has 5 heteroatoms. The van der Waals surface area contributed by atoms with Crippen LogP contribution >= 0.6 is 0 Å². The van der Waals surface area contributed by atoms with Gasteiger partial charge in [-0.25, -0.2) is 17.6 Å². The molecule has 1 aliphatic rings. The van der Waals surface area contributed by atoms with Gasteiger partial charge in [0.1, 0.15) is 24.7 Å². The van der Waals surface area contributed by atoms with Gasteiger partial charge in [0.05, 0.1) is 18.6 Å². The first-order chi connectivity index (χ1) is 9.45. The molecule has 0 spiro atoms. The van der Waals surface area contributed by atoms with E-state index in [-0.39, 0.29) is 13.2 Å². The van der Waals surface area contributed by atoms with Crippen molar-refractivity contribution < 1.29 is 22.3 Å². The lowest BCUT2D eigenvalue weighted by molar-refractivity contribution is -0.129. The molecule has 112 valence electrons. The number of hydrogen-bond donors (Lipinski definition) is 0. The van der Waals surface area contributed by atoms with Gasteiger partial charge >= 0.3 is 0 Å². The second kappa shape index (κ2) is 6.12. The Morgan fingerprint density at radius 3 is 2.15 bits per heavy atom. The van der Waals surface area contributed by atoms with E-state index in [1.807, 2.05) is 18.2 Å². The molecule has 1 unspecified atom stereocenters. The summed E-state index contributed by atoms with van der Waals surface area (Å²) < 4.78 is 59.9. The number of benzene rings is 1. The molecular weight excluding hydrogens is 272 g/mol. The fourth-order valence-corrected chi connectivity index (χ4v) is 2.55. The van der Waals surface area contributed by atoms with Gasteiger partial charge in [-0.2, -0.15) is 0 Å². The van der Waals surface area contributed by atoms with E-state index < -0.39 is 36.5 Å². The first-order valence-electron chi connectivity index (χ1n) is 6.63. The molecule has 0 amide bonds. The van der Waals surface area contributed by atoms with Crippen molar-refractivity contribution in [3.8, 4) is 0 Å². The first kappa shape index (κ1) is 15.3. The molecule has 0 N–H and O–H groups in total. The minimum atomic E-state index is -2.06. The lowest BCUT2D eigenvalue weighted by Crippen LogP contribution is -2.55. The maximum atomic E-state index is 13.9. The molecular formula is C15H18F4O. The summed E-state index contributed by atoms with van der Waals surface area (Å²) in [5.41, 5.74) is -0.947. The molecule has 1 aromatic rings. The van der Waals surface area contributed by atoms with Crippen LogP contribution in [0.3, 0.4) is 0 Å². The average Bonchev–Trinajstić information content (AvgIpc) is 2.45. The summed E-state index contributed by atoms with van der Waals surface area (Å²) in [4.78, 5) is 0. The summed E-state index contributed by atoms with van der Waals surface area (Å²) in [5.74, 6) is 0. The Morgan fingerprint density at radius 1 is 1.05 bits per heavy atom. The van der Waals surface area contributed by atoms with Crippen LogP contribution in [0.2, 0.25) is 0 Å². The fraction of sp³-hybridized carbons (Fsp3) is 0.600. The predicted octanol–water partition coefficient (Wildman–Crippen LogP) is 3.97. The zero-order valence-electron chi connectivity index (χ0n) is 11.2. The van der Waals surface area contributed by atoms with Gasteiger partial charge in [-0.15, -0.1) is 0 Å². The molecule has 1 saturated carbocycles. The van der Waals surface area contributed by atoms with E-state index in [2.05, 4.69) is 0 Å². The molecule has 0 saturated heterocycles. The topological polar surface area (TPSA) is 9.23 Å². The van der Waals surface area contributed by atoms with Gasteiger partial charge in [-0.05, 0) is 5.56 Å². The van der Waals surface area contributed by atoms with E-state index in [1.165, 1.54) is 6.92 Å². The molecule has 1 aliphatic carbocycles. The standard InChI is InChI=1S/C15H18F4O/c1-15(9-20-8-10-5-3-2-4-6-10)13(18)11(16)7-12(17)14(15)19/h2-6,11-14H,7-9H2,1H3/t11-,12+,13-,14+,15?. The Kier molecular flexibility index (Phi) is 4.68. The minimum absolute atomic E-state index is 0.157. The van der Waals surface area contributed by atoms with E-state index in [0.29, 0.717) is 0 Å². The van der Waals surface area contributed by atoms with Crippen LogP contribution in [0.5, 0.6) is 0 Å². The smallest absolute Gasteiger partial charge is 0.142 e. The number of hydrogen-bond acceptors (Lipinski definition) is 1. The van der Waals surface area contributed by atoms with Crippen molar-refractivity contribution in [1.29, 1.82) is 0 Å². The van der Waals surface area contributed by atoms with Gasteiger partial charge in [0, 0.05) is 6.42 Å². The molecule has 1 aromatic carbocycles. The summed E-state index contributed by atoms with van der Waals surface area (Å²) in [6, 6.07) is 9.07. The van der Waals surface area contributed by atoms with E-state index >= 15 is 0 Å². The average molecular weight is 290 g/mol. The molecule has 1 nitrogen and oxygen atoms in total. The molecule has 2 rings (SSSR count). The monoisotopic (exact) mass is 290 g/mol. The maximum absolute atomic E-state index is 13.9. The van der Waals surface area contributed by atoms with Crippen molar-refractivity contribution in [2.45, 2.75) is 44.6 Å². The van der Waals surface area contributed by atoms with Crippen LogP contribution < -0.4 is 0 Å². The second-order valence-corrected chi connectivity index (χ2v) is 5.56. The Morgan fingerprint density at radius 2 is 1.60 bits per heavy atom. The minimum Gasteiger partial charge on any atom is -0.376 e. The van der Waals surface area contributed by atoms with Gasteiger partial charge in [0.2, 0.25) is 0 Å². The zero-order chi connectivity index (χ0) is 14.8. The van der Waals surface area contributed by atoms with E-state index in [4.69, 9.17) is 4.74 Å². The zero-order valence-corrected chi connectivity index (χ0v) is 11.2. The largest absolute Gasteiger partial charge is 0.376 e. The fourth-order valence-electron chi connectivity index (χ4n) is 2.55. The second-order valence-electron chi connectivity index (χ2n) is 5.56. The van der Waals surface area contributed by atoms with Crippen LogP contribution in [-0.4, -0.2) is 31.3 Å². The highest BCUT2D eigenvalue weighted by Gasteiger charge is 2.55. The summed E-state index contributed by atoms with van der Waals surface area (Å²) in [7, 11) is 0. The maximum Gasteiger partial charge on any atom is 0.142 e. The van der Waals surface area contributed by atoms with Crippen LogP contribution in [0.4, 0.5) is 17.6 Å². The highest BCUT2D eigenvalue weighted by atomic mass is 19.2. The van der Waals surface area contributed by atoms with Crippen LogP contribution in [0.15, 0.2) is 30.3 Å². The van der Waals surface area contributed by atoms with Gasteiger partial charge < -0.3 is 4.74 Å². The quantitative estimate of drug-likeness (QED) is 0.763. The number of alkyl halides is 4. The number of halogens is 4. The third-order valence-corrected chi connectivity index (χ3v) is 3.87. The molecule has 0 aliphatic heterocycles. The third kappa shape index (κ3) is 2.97. The summed E-state index contributed by atoms with van der Waals surface area (Å²) in [6.45, 7) is 1.00. The van der Waals surface area contributed by atoms with Crippen LogP contribution in [-0.2, 0) is 11.3 Å². The lowest BCUT2D eigenvalue weighted by atomic mass is 9.71. The first-order valence-corrected chi connectivity index (χ1v) is 6.63. The molecule has 0 heterocycles. The van der Waals surface area contributed by atoms with Crippen LogP contribution in [0.25, 0.3) is 0 Å². The summed E-state index contributed by atoms with van der Waals surface area (Å²) in [5, 5.41) is 0. The number of ether oxygens (including phenoxy) is 1. The van der Waals surface area contributed by atoms with Gasteiger partial charge in [-0.1, -0.05) is 37.3 Å². The van der Waals surface area contributed by atoms with E-state index in [9.17, 15) is 17.6 Å². The summed E-state index contributed by atoms with van der Waals surface area (Å²) >= 11 is 0. The predicted molar refractivity (Wildman–Crippen MR) is 68.4 cm³/mol. The van der Waals surface area contributed by atoms with Gasteiger partial charge in [0.15, 0.2) is 0 Å². The Labute approximate surface area is 115 Å². The molecule has 1 fully saturated rings. The van der Waals surface area contributed by atoms with Crippen molar-refractivity contribution in [2.75, 3.05) is 6.61 Å². The van der Waals surface area contributed by atoms with Crippen molar-refractivity contribution >= 4 is 0 Å². The normalized spacial score (nSPS) is 37.9. The van der Waals surface area contributed by atoms with Crippen LogP contribution in [0, 0.1) is 5.41 Å². The Bertz CT molecular complexity index is 411. The van der Waals surface area contributed by atoms with Crippen molar-refractivity contribution in [1.82, 2.24) is 0 Å². The van der Waals surface area contributed by atoms with Crippen molar-refractivity contribution in [2.24, 2.45) is 5.41 Å². The third-order valence-electron chi connectivity index (χ3n) is 3.87. The lowest BCUT2D eigenvalue weighted by Gasteiger charge is -2.42. The molecule has 5 atom stereocenters. The number of rotatable bonds is 4. The molecule has 0 aromatic heterocycles. The van der Waals surface area contributed by atoms with Crippen molar-refractivity contribution in [3.63, 3.8) is 0 Å². The van der Waals surface area contributed by atoms with Gasteiger partial charge in [-0.3, -0.25) is 0 Å². The molecule has 0 radical (unpaired) electrons. The van der Waals surface area contributed by atoms with E-state index in [1.54, 1.807) is 12.1 Å². The molecule has 20 heavy (non-hydrogen) atoms. The van der Waals surface area contributed by atoms with Crippen molar-refractivity contribution in [3.05, 3.63) is 35.9 Å². The summed E-state index contributed by atoms with van der Waals surface area (Å²) in [6.07, 6.45) is -8.80. The SMILES string of the molecule is CC1(COCc2ccccc2)[C@H](F)[C@H](F)C[C@H](F)[C@@H]1F. The van der Waals surface area contributed by atoms with E-state index in [0.717, 1.165) is 5.56 Å². The van der Waals surface area contributed by atoms with Crippen LogP contribution in [0.1, 0.15) is 18.9 Å². The Hall–Kier alpha value is -1.10. The highest BCUT2D eigenvalue weighted by Crippen LogP contribution is 2.43. The Balaban J connectivity index is 1.98. The highest BCUT2D eigenvalue weighted by molar-refractivity contribution is 5.13. The molecule has 0 bridgehead atoms.